The van der Waals surface area contributed by atoms with Crippen molar-refractivity contribution in [2.45, 2.75) is 31.6 Å². The Morgan fingerprint density at radius 2 is 1.92 bits per heavy atom. The highest BCUT2D eigenvalue weighted by atomic mass is 32.2. The summed E-state index contributed by atoms with van der Waals surface area (Å²) in [5, 5.41) is 9.33. The predicted octanol–water partition coefficient (Wildman–Crippen LogP) is 1.31. The average molecular weight is 354 g/mol. The number of benzene rings is 1. The Hall–Kier alpha value is -1.93. The van der Waals surface area contributed by atoms with Gasteiger partial charge >= 0.3 is 5.97 Å². The highest BCUT2D eigenvalue weighted by molar-refractivity contribution is 7.89. The normalized spacial score (nSPS) is 21.5. The number of carboxylic acids is 1. The van der Waals surface area contributed by atoms with Gasteiger partial charge in [0.1, 0.15) is 0 Å². The maximum atomic E-state index is 12.6. The van der Waals surface area contributed by atoms with Crippen molar-refractivity contribution in [3.8, 4) is 0 Å². The van der Waals surface area contributed by atoms with Crippen LogP contribution in [0.2, 0.25) is 0 Å². The molecule has 0 radical (unpaired) electrons. The first-order valence-electron chi connectivity index (χ1n) is 7.82. The Bertz CT molecular complexity index is 729. The number of hydrogen-bond donors (Lipinski definition) is 2. The molecule has 2 N–H and O–H groups in total. The number of nitrogens with zero attached hydrogens (tertiary/aromatic N) is 1. The van der Waals surface area contributed by atoms with Gasteiger partial charge in [-0.15, -0.1) is 0 Å². The summed E-state index contributed by atoms with van der Waals surface area (Å²) in [4.78, 5) is 25.6. The molecule has 0 spiro atoms. The molecule has 1 saturated heterocycles. The second-order valence-electron chi connectivity index (χ2n) is 6.22. The van der Waals surface area contributed by atoms with Crippen molar-refractivity contribution < 1.29 is 23.1 Å². The number of hydrogen-bond acceptors (Lipinski definition) is 4. The van der Waals surface area contributed by atoms with Crippen LogP contribution in [0.15, 0.2) is 29.2 Å². The van der Waals surface area contributed by atoms with E-state index < -0.39 is 21.4 Å². The number of aliphatic carboxylic acids is 1. The van der Waals surface area contributed by atoms with Crippen molar-refractivity contribution in [1.82, 2.24) is 9.62 Å². The summed E-state index contributed by atoms with van der Waals surface area (Å²) in [6, 6.07) is 5.68. The van der Waals surface area contributed by atoms with Gasteiger partial charge in [-0.1, -0.05) is 6.92 Å². The van der Waals surface area contributed by atoms with Gasteiger partial charge in [0.2, 0.25) is 10.0 Å². The fraction of sp³-hybridized carbons (Fsp3) is 0.500. The van der Waals surface area contributed by atoms with Gasteiger partial charge in [-0.05, 0) is 44.0 Å². The van der Waals surface area contributed by atoms with E-state index in [1.165, 1.54) is 29.2 Å². The minimum atomic E-state index is -3.56. The molecule has 1 aromatic carbocycles. The Labute approximate surface area is 141 Å². The van der Waals surface area contributed by atoms with Crippen LogP contribution >= 0.6 is 0 Å². The Morgan fingerprint density at radius 3 is 2.46 bits per heavy atom. The highest BCUT2D eigenvalue weighted by Gasteiger charge is 2.39. The Morgan fingerprint density at radius 1 is 1.29 bits per heavy atom. The van der Waals surface area contributed by atoms with Gasteiger partial charge in [-0.3, -0.25) is 9.59 Å². The number of sulfonamides is 1. The molecule has 2 rings (SSSR count). The van der Waals surface area contributed by atoms with Gasteiger partial charge in [0.05, 0.1) is 10.3 Å². The van der Waals surface area contributed by atoms with Crippen molar-refractivity contribution in [1.29, 1.82) is 0 Å². The summed E-state index contributed by atoms with van der Waals surface area (Å²) in [6.45, 7) is 4.26. The minimum Gasteiger partial charge on any atom is -0.481 e. The first-order valence-corrected chi connectivity index (χ1v) is 9.30. The lowest BCUT2D eigenvalue weighted by Gasteiger charge is -2.37. The van der Waals surface area contributed by atoms with Crippen LogP contribution in [0.5, 0.6) is 0 Å². The number of piperidine rings is 1. The van der Waals surface area contributed by atoms with E-state index in [0.717, 1.165) is 0 Å². The highest BCUT2D eigenvalue weighted by Crippen LogP contribution is 2.30. The summed E-state index contributed by atoms with van der Waals surface area (Å²) in [5.41, 5.74) is -0.595. The molecule has 1 aromatic rings. The second-order valence-corrected chi connectivity index (χ2v) is 7.99. The average Bonchev–Trinajstić information content (AvgIpc) is 2.54. The van der Waals surface area contributed by atoms with Crippen LogP contribution in [0.25, 0.3) is 0 Å². The molecule has 1 unspecified atom stereocenters. The molecule has 8 heteroatoms. The monoisotopic (exact) mass is 354 g/mol. The lowest BCUT2D eigenvalue weighted by molar-refractivity contribution is -0.150. The first kappa shape index (κ1) is 18.4. The van der Waals surface area contributed by atoms with Crippen LogP contribution in [0, 0.1) is 5.41 Å². The predicted molar refractivity (Wildman–Crippen MR) is 88.2 cm³/mol. The van der Waals surface area contributed by atoms with Gasteiger partial charge in [0, 0.05) is 25.2 Å². The number of likely N-dealkylation sites (tertiary alicyclic amines) is 1. The number of carboxylic acid groups (broad SMARTS) is 1. The Balaban J connectivity index is 2.17. The number of carbonyl (C=O) groups is 2. The van der Waals surface area contributed by atoms with Crippen molar-refractivity contribution in [3.05, 3.63) is 29.8 Å². The second kappa shape index (κ2) is 6.90. The summed E-state index contributed by atoms with van der Waals surface area (Å²) < 4.78 is 26.2. The molecule has 1 amide bonds. The summed E-state index contributed by atoms with van der Waals surface area (Å²) in [7, 11) is -3.56. The molecule has 0 aliphatic carbocycles. The molecule has 24 heavy (non-hydrogen) atoms. The van der Waals surface area contributed by atoms with Crippen molar-refractivity contribution >= 4 is 21.9 Å². The zero-order valence-electron chi connectivity index (χ0n) is 13.8. The van der Waals surface area contributed by atoms with Crippen molar-refractivity contribution in [2.24, 2.45) is 5.41 Å². The van der Waals surface area contributed by atoms with E-state index in [9.17, 15) is 23.1 Å². The van der Waals surface area contributed by atoms with Gasteiger partial charge < -0.3 is 10.0 Å². The van der Waals surface area contributed by atoms with E-state index in [-0.39, 0.29) is 23.9 Å². The lowest BCUT2D eigenvalue weighted by atomic mass is 9.82. The van der Waals surface area contributed by atoms with E-state index in [4.69, 9.17) is 0 Å². The molecule has 132 valence electrons. The zero-order chi connectivity index (χ0) is 18.0. The molecule has 7 nitrogen and oxygen atoms in total. The number of rotatable bonds is 5. The van der Waals surface area contributed by atoms with Crippen LogP contribution in [-0.4, -0.2) is 49.9 Å². The molecular weight excluding hydrogens is 332 g/mol. The van der Waals surface area contributed by atoms with Gasteiger partial charge in [-0.2, -0.15) is 0 Å². The maximum absolute atomic E-state index is 12.6. The SMILES string of the molecule is CCNS(=O)(=O)c1ccc(C(=O)N2CCCC(C)(C(=O)O)C2)cc1. The van der Waals surface area contributed by atoms with Crippen LogP contribution in [-0.2, 0) is 14.8 Å². The molecule has 0 bridgehead atoms. The minimum absolute atomic E-state index is 0.0925. The van der Waals surface area contributed by atoms with Crippen LogP contribution in [0.1, 0.15) is 37.0 Å². The molecule has 0 saturated carbocycles. The standard InChI is InChI=1S/C16H22N2O5S/c1-3-17-24(22,23)13-7-5-12(6-8-13)14(19)18-10-4-9-16(2,11-18)15(20)21/h5-8,17H,3-4,9-11H2,1-2H3,(H,20,21). The third-order valence-corrected chi connectivity index (χ3v) is 5.81. The smallest absolute Gasteiger partial charge is 0.311 e. The molecule has 1 aliphatic rings. The van der Waals surface area contributed by atoms with Gasteiger partial charge in [0.25, 0.3) is 5.91 Å². The van der Waals surface area contributed by atoms with Gasteiger partial charge in [0.15, 0.2) is 0 Å². The topological polar surface area (TPSA) is 104 Å². The van der Waals surface area contributed by atoms with Gasteiger partial charge in [-0.25, -0.2) is 13.1 Å². The number of amides is 1. The fourth-order valence-corrected chi connectivity index (χ4v) is 3.86. The third kappa shape index (κ3) is 3.76. The van der Waals surface area contributed by atoms with Crippen LogP contribution in [0.3, 0.4) is 0 Å². The van der Waals surface area contributed by atoms with Crippen LogP contribution in [0.4, 0.5) is 0 Å². The molecule has 1 fully saturated rings. The largest absolute Gasteiger partial charge is 0.481 e. The lowest BCUT2D eigenvalue weighted by Crippen LogP contribution is -2.48. The van der Waals surface area contributed by atoms with E-state index >= 15 is 0 Å². The van der Waals surface area contributed by atoms with E-state index in [2.05, 4.69) is 4.72 Å². The molecule has 0 aromatic heterocycles. The maximum Gasteiger partial charge on any atom is 0.311 e. The van der Waals surface area contributed by atoms with Crippen molar-refractivity contribution in [2.75, 3.05) is 19.6 Å². The molecular formula is C16H22N2O5S. The number of nitrogens with one attached hydrogen (secondary N) is 1. The van der Waals surface area contributed by atoms with E-state index in [0.29, 0.717) is 24.9 Å². The summed E-state index contributed by atoms with van der Waals surface area (Å²) >= 11 is 0. The summed E-state index contributed by atoms with van der Waals surface area (Å²) in [5.74, 6) is -1.19. The molecule has 1 atom stereocenters. The van der Waals surface area contributed by atoms with E-state index in [1.54, 1.807) is 13.8 Å². The Kier molecular flexibility index (Phi) is 5.29. The van der Waals surface area contributed by atoms with Crippen molar-refractivity contribution in [3.63, 3.8) is 0 Å². The van der Waals surface area contributed by atoms with Crippen LogP contribution < -0.4 is 4.72 Å². The molecule has 1 heterocycles. The molecule has 1 aliphatic heterocycles. The fourth-order valence-electron chi connectivity index (χ4n) is 2.82. The third-order valence-electron chi connectivity index (χ3n) is 4.25. The first-order chi connectivity index (χ1) is 11.2. The quantitative estimate of drug-likeness (QED) is 0.830. The summed E-state index contributed by atoms with van der Waals surface area (Å²) in [6.07, 6.45) is 1.16. The number of carbonyl (C=O) groups excluding carboxylic acids is 1. The van der Waals surface area contributed by atoms with E-state index in [1.807, 2.05) is 0 Å². The zero-order valence-corrected chi connectivity index (χ0v) is 14.6.